The van der Waals surface area contributed by atoms with E-state index in [1.807, 2.05) is 41.5 Å². The zero-order valence-corrected chi connectivity index (χ0v) is 23.6. The van der Waals surface area contributed by atoms with Crippen LogP contribution in [0.1, 0.15) is 88.0 Å². The van der Waals surface area contributed by atoms with Crippen molar-refractivity contribution in [2.45, 2.75) is 112 Å². The molecule has 3 atom stereocenters. The van der Waals surface area contributed by atoms with Crippen LogP contribution in [0.2, 0.25) is 0 Å². The van der Waals surface area contributed by atoms with Crippen LogP contribution in [0, 0.1) is 10.8 Å². The van der Waals surface area contributed by atoms with Gasteiger partial charge in [0.15, 0.2) is 0 Å². The molecular weight excluding hydrogens is 466 g/mol. The predicted molar refractivity (Wildman–Crippen MR) is 135 cm³/mol. The number of carbonyl (C=O) groups excluding carboxylic acids is 5. The standard InChI is InChI=1S/C26H45N3O7/c1-11-12-13-16(18(30)22(33)35-10)27-20(31)17-14-26(8,9)15-29(17)21(32)19(24(2,3)4)28-23(34)36-25(5,6)7/h16-17,19H,11-15H2,1-10H3,(H,27,31)(H,28,34)/t16?,17-,19+/m0/s1. The zero-order valence-electron chi connectivity index (χ0n) is 23.6. The van der Waals surface area contributed by atoms with Gasteiger partial charge in [0.25, 0.3) is 5.78 Å². The minimum Gasteiger partial charge on any atom is -0.463 e. The first-order chi connectivity index (χ1) is 16.3. The third-order valence-electron chi connectivity index (χ3n) is 5.95. The fraction of sp³-hybridized carbons (Fsp3) is 0.808. The Bertz CT molecular complexity index is 839. The van der Waals surface area contributed by atoms with E-state index in [-0.39, 0.29) is 18.4 Å². The molecule has 1 rings (SSSR count). The smallest absolute Gasteiger partial charge is 0.408 e. The van der Waals surface area contributed by atoms with E-state index in [0.29, 0.717) is 12.8 Å². The molecule has 0 aromatic heterocycles. The van der Waals surface area contributed by atoms with Gasteiger partial charge in [-0.1, -0.05) is 54.4 Å². The number of amides is 3. The summed E-state index contributed by atoms with van der Waals surface area (Å²) in [7, 11) is 1.11. The average Bonchev–Trinajstić information content (AvgIpc) is 3.06. The number of ether oxygens (including phenoxy) is 2. The molecule has 206 valence electrons. The molecule has 3 amide bonds. The summed E-state index contributed by atoms with van der Waals surface area (Å²) in [4.78, 5) is 65.5. The number of likely N-dealkylation sites (tertiary alicyclic amines) is 1. The van der Waals surface area contributed by atoms with Gasteiger partial charge in [0, 0.05) is 6.54 Å². The molecule has 0 radical (unpaired) electrons. The Morgan fingerprint density at radius 1 is 1.03 bits per heavy atom. The highest BCUT2D eigenvalue weighted by Gasteiger charge is 2.48. The van der Waals surface area contributed by atoms with Gasteiger partial charge in [0.2, 0.25) is 11.8 Å². The highest BCUT2D eigenvalue weighted by atomic mass is 16.6. The molecule has 0 spiro atoms. The number of rotatable bonds is 9. The molecule has 1 saturated heterocycles. The Morgan fingerprint density at radius 2 is 1.61 bits per heavy atom. The predicted octanol–water partition coefficient (Wildman–Crippen LogP) is 2.97. The normalized spacial score (nSPS) is 19.2. The summed E-state index contributed by atoms with van der Waals surface area (Å²) in [5.41, 5.74) is -1.79. The zero-order chi connectivity index (χ0) is 28.1. The van der Waals surface area contributed by atoms with Crippen molar-refractivity contribution in [2.24, 2.45) is 10.8 Å². The number of hydrogen-bond donors (Lipinski definition) is 2. The highest BCUT2D eigenvalue weighted by Crippen LogP contribution is 2.36. The molecule has 10 heteroatoms. The lowest BCUT2D eigenvalue weighted by atomic mass is 9.85. The summed E-state index contributed by atoms with van der Waals surface area (Å²) < 4.78 is 9.92. The van der Waals surface area contributed by atoms with E-state index in [9.17, 15) is 24.0 Å². The van der Waals surface area contributed by atoms with Gasteiger partial charge in [-0.05, 0) is 44.4 Å². The van der Waals surface area contributed by atoms with Gasteiger partial charge in [-0.3, -0.25) is 14.4 Å². The van der Waals surface area contributed by atoms with Crippen LogP contribution in [0.5, 0.6) is 0 Å². The summed E-state index contributed by atoms with van der Waals surface area (Å²) in [5.74, 6) is -2.78. The Hall–Kier alpha value is -2.65. The van der Waals surface area contributed by atoms with Crippen molar-refractivity contribution in [3.8, 4) is 0 Å². The van der Waals surface area contributed by atoms with E-state index in [1.165, 1.54) is 4.90 Å². The van der Waals surface area contributed by atoms with Crippen LogP contribution >= 0.6 is 0 Å². The first-order valence-electron chi connectivity index (χ1n) is 12.6. The van der Waals surface area contributed by atoms with Crippen molar-refractivity contribution in [3.05, 3.63) is 0 Å². The molecule has 0 saturated carbocycles. The minimum atomic E-state index is -1.04. The van der Waals surface area contributed by atoms with Crippen LogP contribution in [-0.2, 0) is 28.7 Å². The topological polar surface area (TPSA) is 131 Å². The minimum absolute atomic E-state index is 0.283. The maximum Gasteiger partial charge on any atom is 0.408 e. The van der Waals surface area contributed by atoms with E-state index < -0.39 is 58.8 Å². The molecule has 1 heterocycles. The summed E-state index contributed by atoms with van der Waals surface area (Å²) in [6.07, 6.45) is 1.31. The number of nitrogens with zero attached hydrogens (tertiary/aromatic N) is 1. The number of methoxy groups -OCH3 is 1. The third-order valence-corrected chi connectivity index (χ3v) is 5.95. The second-order valence-electron chi connectivity index (χ2n) is 12.4. The Balaban J connectivity index is 3.22. The molecule has 36 heavy (non-hydrogen) atoms. The molecule has 0 bridgehead atoms. The van der Waals surface area contributed by atoms with Gasteiger partial charge >= 0.3 is 12.1 Å². The summed E-state index contributed by atoms with van der Waals surface area (Å²) in [6, 6.07) is -2.86. The SMILES string of the molecule is CCCCC(NC(=O)[C@@H]1CC(C)(C)CN1C(=O)[C@@H](NC(=O)OC(C)(C)C)C(C)(C)C)C(=O)C(=O)OC. The lowest BCUT2D eigenvalue weighted by Gasteiger charge is -2.36. The number of carbonyl (C=O) groups is 5. The quantitative estimate of drug-likeness (QED) is 0.359. The molecule has 0 aromatic rings. The number of unbranched alkanes of at least 4 members (excludes halogenated alkanes) is 1. The van der Waals surface area contributed by atoms with Crippen molar-refractivity contribution >= 4 is 29.7 Å². The number of ketones is 1. The first kappa shape index (κ1) is 31.4. The second kappa shape index (κ2) is 12.1. The molecule has 2 N–H and O–H groups in total. The number of nitrogens with one attached hydrogen (secondary N) is 2. The van der Waals surface area contributed by atoms with Gasteiger partial charge in [-0.2, -0.15) is 0 Å². The molecule has 1 fully saturated rings. The highest BCUT2D eigenvalue weighted by molar-refractivity contribution is 6.36. The molecule has 1 aliphatic rings. The van der Waals surface area contributed by atoms with Crippen LogP contribution < -0.4 is 10.6 Å². The summed E-state index contributed by atoms with van der Waals surface area (Å²) in [6.45, 7) is 16.8. The number of hydrogen-bond acceptors (Lipinski definition) is 7. The third kappa shape index (κ3) is 9.09. The van der Waals surface area contributed by atoms with E-state index >= 15 is 0 Å². The van der Waals surface area contributed by atoms with E-state index in [0.717, 1.165) is 13.5 Å². The second-order valence-corrected chi connectivity index (χ2v) is 12.4. The maximum atomic E-state index is 13.8. The largest absolute Gasteiger partial charge is 0.463 e. The van der Waals surface area contributed by atoms with Gasteiger partial charge in [0.1, 0.15) is 17.7 Å². The van der Waals surface area contributed by atoms with Crippen LogP contribution in [0.3, 0.4) is 0 Å². The fourth-order valence-electron chi connectivity index (χ4n) is 4.16. The average molecular weight is 512 g/mol. The summed E-state index contributed by atoms with van der Waals surface area (Å²) in [5, 5.41) is 5.37. The Kier molecular flexibility index (Phi) is 10.5. The van der Waals surface area contributed by atoms with Crippen LogP contribution in [-0.4, -0.2) is 71.9 Å². The lowest BCUT2D eigenvalue weighted by Crippen LogP contribution is -2.59. The first-order valence-corrected chi connectivity index (χ1v) is 12.6. The van der Waals surface area contributed by atoms with Crippen molar-refractivity contribution in [2.75, 3.05) is 13.7 Å². The van der Waals surface area contributed by atoms with Crippen LogP contribution in [0.4, 0.5) is 4.79 Å². The van der Waals surface area contributed by atoms with E-state index in [4.69, 9.17) is 4.74 Å². The molecule has 0 aliphatic carbocycles. The van der Waals surface area contributed by atoms with Crippen molar-refractivity contribution in [3.63, 3.8) is 0 Å². The molecular formula is C26H45N3O7. The summed E-state index contributed by atoms with van der Waals surface area (Å²) >= 11 is 0. The maximum absolute atomic E-state index is 13.8. The van der Waals surface area contributed by atoms with Gasteiger partial charge in [-0.25, -0.2) is 9.59 Å². The molecule has 1 aliphatic heterocycles. The lowest BCUT2D eigenvalue weighted by molar-refractivity contribution is -0.153. The van der Waals surface area contributed by atoms with Gasteiger partial charge in [0.05, 0.1) is 13.2 Å². The van der Waals surface area contributed by atoms with Crippen molar-refractivity contribution in [1.29, 1.82) is 0 Å². The van der Waals surface area contributed by atoms with E-state index in [1.54, 1.807) is 20.8 Å². The number of esters is 1. The number of alkyl carbamates (subject to hydrolysis) is 1. The molecule has 0 aromatic carbocycles. The fourth-order valence-corrected chi connectivity index (χ4v) is 4.16. The van der Waals surface area contributed by atoms with Crippen molar-refractivity contribution in [1.82, 2.24) is 15.5 Å². The Morgan fingerprint density at radius 3 is 2.08 bits per heavy atom. The number of Topliss-reactive ketones (excluding diaryl/α,β-unsaturated/α-hetero) is 1. The van der Waals surface area contributed by atoms with E-state index in [2.05, 4.69) is 15.4 Å². The van der Waals surface area contributed by atoms with Crippen LogP contribution in [0.15, 0.2) is 0 Å². The monoisotopic (exact) mass is 511 g/mol. The Labute approximate surface area is 215 Å². The molecule has 10 nitrogen and oxygen atoms in total. The van der Waals surface area contributed by atoms with Crippen LogP contribution in [0.25, 0.3) is 0 Å². The van der Waals surface area contributed by atoms with Gasteiger partial charge in [-0.15, -0.1) is 0 Å². The van der Waals surface area contributed by atoms with Crippen molar-refractivity contribution < 1.29 is 33.4 Å². The molecule has 1 unspecified atom stereocenters. The van der Waals surface area contributed by atoms with Gasteiger partial charge < -0.3 is 25.0 Å².